The summed E-state index contributed by atoms with van der Waals surface area (Å²) < 4.78 is 2.05. The number of halogens is 1. The molecule has 0 bridgehead atoms. The van der Waals surface area contributed by atoms with Crippen molar-refractivity contribution in [1.82, 2.24) is 8.94 Å². The van der Waals surface area contributed by atoms with Crippen molar-refractivity contribution in [2.24, 2.45) is 12.0 Å². The van der Waals surface area contributed by atoms with Gasteiger partial charge < -0.3 is 0 Å². The molecular weight excluding hydrogens is 254 g/mol. The molecule has 2 aromatic rings. The van der Waals surface area contributed by atoms with Gasteiger partial charge in [0.25, 0.3) is 0 Å². The summed E-state index contributed by atoms with van der Waals surface area (Å²) in [6.45, 7) is 4.25. The highest BCUT2D eigenvalue weighted by atomic mass is 35.5. The van der Waals surface area contributed by atoms with Crippen molar-refractivity contribution in [2.75, 3.05) is 0 Å². The summed E-state index contributed by atoms with van der Waals surface area (Å²) in [6.07, 6.45) is 0. The molecule has 0 saturated carbocycles. The van der Waals surface area contributed by atoms with E-state index in [0.29, 0.717) is 5.92 Å². The van der Waals surface area contributed by atoms with Crippen molar-refractivity contribution in [3.05, 3.63) is 39.9 Å². The highest BCUT2D eigenvalue weighted by Crippen LogP contribution is 2.16. The monoisotopic (exact) mass is 267 g/mol. The molecule has 0 radical (unpaired) electrons. The maximum Gasteiger partial charge on any atom is 0.227 e. The third kappa shape index (κ3) is 2.96. The summed E-state index contributed by atoms with van der Waals surface area (Å²) in [4.78, 5) is 9.76. The van der Waals surface area contributed by atoms with Gasteiger partial charge in [0.15, 0.2) is 0 Å². The van der Waals surface area contributed by atoms with Gasteiger partial charge in [-0.15, -0.1) is 0 Å². The first-order chi connectivity index (χ1) is 8.06. The minimum absolute atomic E-state index is 0.408. The second-order valence-electron chi connectivity index (χ2n) is 4.08. The molecule has 1 heterocycles. The van der Waals surface area contributed by atoms with Crippen LogP contribution >= 0.6 is 23.1 Å². The van der Waals surface area contributed by atoms with E-state index in [4.69, 9.17) is 11.6 Å². The maximum atomic E-state index is 5.83. The van der Waals surface area contributed by atoms with Crippen LogP contribution in [0.2, 0.25) is 5.02 Å². The Hall–Kier alpha value is -1.13. The molecule has 2 rings (SSSR count). The molecule has 1 aromatic carbocycles. The fourth-order valence-electron chi connectivity index (χ4n) is 1.52. The lowest BCUT2D eigenvalue weighted by Gasteiger charge is -2.00. The van der Waals surface area contributed by atoms with Crippen LogP contribution in [-0.2, 0) is 7.05 Å². The highest BCUT2D eigenvalue weighted by molar-refractivity contribution is 7.03. The molecule has 3 nitrogen and oxygen atoms in total. The SMILES string of the molecule is CC(C)c1nc(=Nc2ccc(Cl)cc2)sn1C. The minimum Gasteiger partial charge on any atom is -0.285 e. The van der Waals surface area contributed by atoms with Crippen LogP contribution in [0.15, 0.2) is 29.3 Å². The molecule has 0 unspecified atom stereocenters. The highest BCUT2D eigenvalue weighted by Gasteiger charge is 2.06. The van der Waals surface area contributed by atoms with Gasteiger partial charge in [-0.3, -0.25) is 3.96 Å². The predicted molar refractivity (Wildman–Crippen MR) is 71.8 cm³/mol. The molecule has 17 heavy (non-hydrogen) atoms. The molecule has 0 aliphatic heterocycles. The van der Waals surface area contributed by atoms with E-state index in [0.717, 1.165) is 21.3 Å². The first-order valence-corrected chi connectivity index (χ1v) is 6.56. The predicted octanol–water partition coefficient (Wildman–Crippen LogP) is 3.49. The minimum atomic E-state index is 0.408. The lowest BCUT2D eigenvalue weighted by molar-refractivity contribution is 0.731. The van der Waals surface area contributed by atoms with E-state index in [2.05, 4.69) is 27.8 Å². The molecule has 0 saturated heterocycles. The van der Waals surface area contributed by atoms with Crippen LogP contribution in [0, 0.1) is 0 Å². The number of nitrogens with zero attached hydrogens (tertiary/aromatic N) is 3. The first-order valence-electron chi connectivity index (χ1n) is 5.41. The largest absolute Gasteiger partial charge is 0.285 e. The molecule has 5 heteroatoms. The van der Waals surface area contributed by atoms with Crippen LogP contribution in [0.1, 0.15) is 25.6 Å². The summed E-state index contributed by atoms with van der Waals surface area (Å²) in [7, 11) is 2.01. The van der Waals surface area contributed by atoms with Crippen molar-refractivity contribution in [3.8, 4) is 0 Å². The molecule has 1 aromatic heterocycles. The van der Waals surface area contributed by atoms with Crippen LogP contribution in [0.3, 0.4) is 0 Å². The third-order valence-electron chi connectivity index (χ3n) is 2.32. The topological polar surface area (TPSA) is 30.2 Å². The molecule has 0 aliphatic rings. The van der Waals surface area contributed by atoms with E-state index < -0.39 is 0 Å². The zero-order valence-electron chi connectivity index (χ0n) is 10.0. The standard InChI is InChI=1S/C12H14ClN3S/c1-8(2)11-15-12(17-16(11)3)14-10-6-4-9(13)5-7-10/h4-8H,1-3H3. The third-order valence-corrected chi connectivity index (χ3v) is 3.38. The summed E-state index contributed by atoms with van der Waals surface area (Å²) in [5, 5.41) is 0.719. The Kier molecular flexibility index (Phi) is 3.64. The summed E-state index contributed by atoms with van der Waals surface area (Å²) in [6, 6.07) is 7.44. The zero-order valence-corrected chi connectivity index (χ0v) is 11.6. The van der Waals surface area contributed by atoms with E-state index in [1.54, 1.807) is 11.5 Å². The van der Waals surface area contributed by atoms with Gasteiger partial charge in [0.05, 0.1) is 5.69 Å². The zero-order chi connectivity index (χ0) is 12.4. The Labute approximate surface area is 110 Å². The van der Waals surface area contributed by atoms with Gasteiger partial charge in [0, 0.05) is 18.0 Å². The van der Waals surface area contributed by atoms with Gasteiger partial charge in [-0.1, -0.05) is 25.4 Å². The van der Waals surface area contributed by atoms with Gasteiger partial charge in [0.1, 0.15) is 5.82 Å². The van der Waals surface area contributed by atoms with Crippen molar-refractivity contribution in [1.29, 1.82) is 0 Å². The van der Waals surface area contributed by atoms with E-state index in [9.17, 15) is 0 Å². The molecule has 90 valence electrons. The Bertz CT molecular complexity index is 566. The van der Waals surface area contributed by atoms with Crippen molar-refractivity contribution in [2.45, 2.75) is 19.8 Å². The quantitative estimate of drug-likeness (QED) is 0.819. The summed E-state index contributed by atoms with van der Waals surface area (Å²) in [5.74, 6) is 1.47. The van der Waals surface area contributed by atoms with Crippen LogP contribution < -0.4 is 4.80 Å². The van der Waals surface area contributed by atoms with Gasteiger partial charge in [-0.2, -0.15) is 0 Å². The number of hydrogen-bond acceptors (Lipinski definition) is 3. The van der Waals surface area contributed by atoms with Crippen LogP contribution in [0.25, 0.3) is 0 Å². The van der Waals surface area contributed by atoms with Gasteiger partial charge >= 0.3 is 0 Å². The second-order valence-corrected chi connectivity index (χ2v) is 5.62. The maximum absolute atomic E-state index is 5.83. The molecule has 0 aliphatic carbocycles. The van der Waals surface area contributed by atoms with E-state index in [1.165, 1.54) is 0 Å². The van der Waals surface area contributed by atoms with Crippen LogP contribution in [0.5, 0.6) is 0 Å². The number of hydrogen-bond donors (Lipinski definition) is 0. The smallest absolute Gasteiger partial charge is 0.227 e. The van der Waals surface area contributed by atoms with Gasteiger partial charge in [-0.25, -0.2) is 9.98 Å². The Morgan fingerprint density at radius 2 is 1.94 bits per heavy atom. The number of aromatic nitrogens is 2. The number of aryl methyl sites for hydroxylation is 1. The number of rotatable bonds is 2. The Morgan fingerprint density at radius 1 is 1.29 bits per heavy atom. The number of benzene rings is 1. The van der Waals surface area contributed by atoms with E-state index >= 15 is 0 Å². The molecule has 0 amide bonds. The fourth-order valence-corrected chi connectivity index (χ4v) is 2.52. The van der Waals surface area contributed by atoms with Gasteiger partial charge in [-0.05, 0) is 35.8 Å². The molecule has 0 N–H and O–H groups in total. The second kappa shape index (κ2) is 5.02. The van der Waals surface area contributed by atoms with E-state index in [1.807, 2.05) is 31.3 Å². The molecule has 0 atom stereocenters. The normalized spacial score (nSPS) is 12.4. The Balaban J connectivity index is 2.40. The molecular formula is C12H14ClN3S. The van der Waals surface area contributed by atoms with E-state index in [-0.39, 0.29) is 0 Å². The van der Waals surface area contributed by atoms with Crippen molar-refractivity contribution >= 4 is 28.8 Å². The van der Waals surface area contributed by atoms with Crippen LogP contribution in [0.4, 0.5) is 5.69 Å². The lowest BCUT2D eigenvalue weighted by Crippen LogP contribution is -2.01. The molecule has 0 spiro atoms. The average Bonchev–Trinajstić information content (AvgIpc) is 2.63. The van der Waals surface area contributed by atoms with Gasteiger partial charge in [0.2, 0.25) is 4.80 Å². The summed E-state index contributed by atoms with van der Waals surface area (Å²) >= 11 is 7.37. The van der Waals surface area contributed by atoms with Crippen molar-refractivity contribution < 1.29 is 0 Å². The average molecular weight is 268 g/mol. The fraction of sp³-hybridized carbons (Fsp3) is 0.333. The first kappa shape index (κ1) is 12.3. The summed E-state index contributed by atoms with van der Waals surface area (Å²) in [5.41, 5.74) is 0.874. The van der Waals surface area contributed by atoms with Crippen molar-refractivity contribution in [3.63, 3.8) is 0 Å². The lowest BCUT2D eigenvalue weighted by atomic mass is 10.2. The Morgan fingerprint density at radius 3 is 2.47 bits per heavy atom. The molecule has 0 fully saturated rings. The van der Waals surface area contributed by atoms with Crippen LogP contribution in [-0.4, -0.2) is 8.94 Å².